The van der Waals surface area contributed by atoms with Gasteiger partial charge in [0.15, 0.2) is 11.5 Å². The van der Waals surface area contributed by atoms with Crippen molar-refractivity contribution in [2.75, 3.05) is 32.9 Å². The van der Waals surface area contributed by atoms with E-state index in [0.29, 0.717) is 29.9 Å². The third kappa shape index (κ3) is 2.81. The van der Waals surface area contributed by atoms with Gasteiger partial charge in [0, 0.05) is 38.6 Å². The zero-order chi connectivity index (χ0) is 13.2. The van der Waals surface area contributed by atoms with Crippen LogP contribution in [-0.4, -0.2) is 42.9 Å². The van der Waals surface area contributed by atoms with E-state index in [2.05, 4.69) is 4.90 Å². The van der Waals surface area contributed by atoms with Gasteiger partial charge in [0.1, 0.15) is 0 Å². The summed E-state index contributed by atoms with van der Waals surface area (Å²) in [6, 6.07) is 3.96. The molecule has 0 aliphatic carbocycles. The lowest BCUT2D eigenvalue weighted by Gasteiger charge is -2.38. The first-order valence-electron chi connectivity index (χ1n) is 6.67. The van der Waals surface area contributed by atoms with Gasteiger partial charge in [-0.25, -0.2) is 0 Å². The maximum absolute atomic E-state index is 9.02. The Labute approximate surface area is 117 Å². The van der Waals surface area contributed by atoms with Gasteiger partial charge in [0.25, 0.3) is 0 Å². The Balaban J connectivity index is 1.72. The van der Waals surface area contributed by atoms with Crippen LogP contribution in [0.4, 0.5) is 0 Å². The van der Waals surface area contributed by atoms with Gasteiger partial charge in [-0.1, -0.05) is 11.6 Å². The summed E-state index contributed by atoms with van der Waals surface area (Å²) in [6.45, 7) is 4.33. The highest BCUT2D eigenvalue weighted by atomic mass is 35.5. The molecule has 2 heterocycles. The Morgan fingerprint density at radius 3 is 2.84 bits per heavy atom. The molecule has 1 N–H and O–H groups in total. The molecule has 5 heteroatoms. The third-order valence-electron chi connectivity index (χ3n) is 3.56. The van der Waals surface area contributed by atoms with E-state index in [4.69, 9.17) is 26.2 Å². The molecule has 2 aliphatic rings. The first-order chi connectivity index (χ1) is 9.26. The molecule has 0 atom stereocenters. The number of aliphatic hydroxyl groups excluding tert-OH is 1. The molecule has 3 rings (SSSR count). The van der Waals surface area contributed by atoms with Crippen LogP contribution in [-0.2, 0) is 6.54 Å². The van der Waals surface area contributed by atoms with Gasteiger partial charge >= 0.3 is 0 Å². The molecule has 4 nitrogen and oxygen atoms in total. The Bertz CT molecular complexity index is 460. The average Bonchev–Trinajstić information content (AvgIpc) is 2.58. The van der Waals surface area contributed by atoms with Gasteiger partial charge < -0.3 is 14.6 Å². The van der Waals surface area contributed by atoms with Crippen LogP contribution in [0.1, 0.15) is 12.0 Å². The van der Waals surface area contributed by atoms with Gasteiger partial charge in [-0.2, -0.15) is 0 Å². The summed E-state index contributed by atoms with van der Waals surface area (Å²) in [5.41, 5.74) is 1.13. The van der Waals surface area contributed by atoms with Crippen LogP contribution in [0.5, 0.6) is 11.5 Å². The van der Waals surface area contributed by atoms with Crippen LogP contribution in [0.25, 0.3) is 0 Å². The number of ether oxygens (including phenoxy) is 2. The number of fused-ring (bicyclic) bond motifs is 1. The topological polar surface area (TPSA) is 41.9 Å². The second kappa shape index (κ2) is 5.57. The molecule has 0 unspecified atom stereocenters. The summed E-state index contributed by atoms with van der Waals surface area (Å²) in [7, 11) is 0. The van der Waals surface area contributed by atoms with E-state index in [-0.39, 0.29) is 6.61 Å². The summed E-state index contributed by atoms with van der Waals surface area (Å²) in [5.74, 6) is 1.84. The first kappa shape index (κ1) is 13.0. The predicted octanol–water partition coefficient (Wildman–Crippen LogP) is 1.93. The number of hydrogen-bond donors (Lipinski definition) is 1. The smallest absolute Gasteiger partial charge is 0.179 e. The molecule has 19 heavy (non-hydrogen) atoms. The van der Waals surface area contributed by atoms with Gasteiger partial charge in [-0.05, 0) is 17.7 Å². The Morgan fingerprint density at radius 2 is 2.05 bits per heavy atom. The zero-order valence-electron chi connectivity index (χ0n) is 10.8. The number of aliphatic hydroxyl groups is 1. The minimum atomic E-state index is 0.276. The molecule has 1 fully saturated rings. The number of likely N-dealkylation sites (tertiary alicyclic amines) is 1. The molecule has 1 aromatic carbocycles. The average molecular weight is 284 g/mol. The van der Waals surface area contributed by atoms with E-state index < -0.39 is 0 Å². The van der Waals surface area contributed by atoms with Crippen molar-refractivity contribution in [3.63, 3.8) is 0 Å². The SMILES string of the molecule is OCC1CN(Cc2cc(Cl)c3c(c2)OCCCO3)C1. The van der Waals surface area contributed by atoms with Crippen molar-refractivity contribution in [2.24, 2.45) is 5.92 Å². The second-order valence-corrected chi connectivity index (χ2v) is 5.61. The van der Waals surface area contributed by atoms with Crippen LogP contribution in [0.2, 0.25) is 5.02 Å². The fourth-order valence-electron chi connectivity index (χ4n) is 2.56. The van der Waals surface area contributed by atoms with Crippen LogP contribution < -0.4 is 9.47 Å². The van der Waals surface area contributed by atoms with Crippen molar-refractivity contribution < 1.29 is 14.6 Å². The molecule has 104 valence electrons. The summed E-state index contributed by atoms with van der Waals surface area (Å²) < 4.78 is 11.3. The molecule has 1 aromatic rings. The Hall–Kier alpha value is -0.970. The van der Waals surface area contributed by atoms with Crippen LogP contribution >= 0.6 is 11.6 Å². The summed E-state index contributed by atoms with van der Waals surface area (Å²) >= 11 is 6.26. The van der Waals surface area contributed by atoms with Crippen molar-refractivity contribution >= 4 is 11.6 Å². The van der Waals surface area contributed by atoms with Crippen LogP contribution in [0, 0.1) is 5.92 Å². The second-order valence-electron chi connectivity index (χ2n) is 5.20. The fraction of sp³-hybridized carbons (Fsp3) is 0.571. The normalized spacial score (nSPS) is 19.9. The molecular weight excluding hydrogens is 266 g/mol. The maximum Gasteiger partial charge on any atom is 0.179 e. The van der Waals surface area contributed by atoms with Crippen LogP contribution in [0.15, 0.2) is 12.1 Å². The highest BCUT2D eigenvalue weighted by Crippen LogP contribution is 2.38. The fourth-order valence-corrected chi connectivity index (χ4v) is 2.84. The molecule has 2 aliphatic heterocycles. The number of nitrogens with zero attached hydrogens (tertiary/aromatic N) is 1. The molecular formula is C14H18ClNO3. The van der Waals surface area contributed by atoms with Gasteiger partial charge in [0.05, 0.1) is 18.2 Å². The lowest BCUT2D eigenvalue weighted by atomic mass is 10.0. The van der Waals surface area contributed by atoms with Crippen molar-refractivity contribution in [3.05, 3.63) is 22.7 Å². The Morgan fingerprint density at radius 1 is 1.26 bits per heavy atom. The molecule has 0 aromatic heterocycles. The van der Waals surface area contributed by atoms with E-state index in [1.54, 1.807) is 0 Å². The number of benzene rings is 1. The molecule has 0 radical (unpaired) electrons. The van der Waals surface area contributed by atoms with Crippen molar-refractivity contribution in [2.45, 2.75) is 13.0 Å². The van der Waals surface area contributed by atoms with E-state index in [1.807, 2.05) is 12.1 Å². The minimum Gasteiger partial charge on any atom is -0.489 e. The molecule has 0 spiro atoms. The number of hydrogen-bond acceptors (Lipinski definition) is 4. The van der Waals surface area contributed by atoms with E-state index in [0.717, 1.165) is 37.4 Å². The van der Waals surface area contributed by atoms with Crippen molar-refractivity contribution in [1.29, 1.82) is 0 Å². The predicted molar refractivity (Wildman–Crippen MR) is 72.9 cm³/mol. The minimum absolute atomic E-state index is 0.276. The third-order valence-corrected chi connectivity index (χ3v) is 3.84. The number of halogens is 1. The van der Waals surface area contributed by atoms with Gasteiger partial charge in [-0.3, -0.25) is 4.90 Å². The highest BCUT2D eigenvalue weighted by Gasteiger charge is 2.26. The maximum atomic E-state index is 9.02. The Kier molecular flexibility index (Phi) is 3.82. The van der Waals surface area contributed by atoms with Crippen molar-refractivity contribution in [1.82, 2.24) is 4.90 Å². The summed E-state index contributed by atoms with van der Waals surface area (Å²) in [4.78, 5) is 2.29. The molecule has 1 saturated heterocycles. The standard InChI is InChI=1S/C14H18ClNO3/c15-12-4-10(6-16-7-11(8-16)9-17)5-13-14(12)19-3-1-2-18-13/h4-5,11,17H,1-3,6-9H2. The summed E-state index contributed by atoms with van der Waals surface area (Å²) in [5, 5.41) is 9.64. The summed E-state index contributed by atoms with van der Waals surface area (Å²) in [6.07, 6.45) is 0.880. The monoisotopic (exact) mass is 283 g/mol. The highest BCUT2D eigenvalue weighted by molar-refractivity contribution is 6.32. The van der Waals surface area contributed by atoms with Crippen molar-refractivity contribution in [3.8, 4) is 11.5 Å². The largest absolute Gasteiger partial charge is 0.489 e. The number of rotatable bonds is 3. The lowest BCUT2D eigenvalue weighted by molar-refractivity contribution is 0.0479. The zero-order valence-corrected chi connectivity index (χ0v) is 11.5. The molecule has 0 saturated carbocycles. The van der Waals surface area contributed by atoms with Gasteiger partial charge in [-0.15, -0.1) is 0 Å². The van der Waals surface area contributed by atoms with E-state index in [1.165, 1.54) is 0 Å². The quantitative estimate of drug-likeness (QED) is 0.920. The lowest BCUT2D eigenvalue weighted by Crippen LogP contribution is -2.47. The first-order valence-corrected chi connectivity index (χ1v) is 7.05. The molecule has 0 amide bonds. The van der Waals surface area contributed by atoms with Gasteiger partial charge in [0.2, 0.25) is 0 Å². The van der Waals surface area contributed by atoms with E-state index >= 15 is 0 Å². The van der Waals surface area contributed by atoms with E-state index in [9.17, 15) is 0 Å². The molecule has 0 bridgehead atoms. The van der Waals surface area contributed by atoms with Crippen LogP contribution in [0.3, 0.4) is 0 Å².